The van der Waals surface area contributed by atoms with Gasteiger partial charge in [0.25, 0.3) is 0 Å². The number of carbonyl (C=O) groups excluding carboxylic acids is 20. The molecule has 15 amide bonds. The number of hydrogen-bond acceptors (Lipinski definition) is 32. The van der Waals surface area contributed by atoms with Crippen LogP contribution in [0.15, 0.2) is 46.5 Å². The van der Waals surface area contributed by atoms with Crippen LogP contribution in [0, 0.1) is 47.3 Å². The van der Waals surface area contributed by atoms with Gasteiger partial charge in [-0.1, -0.05) is 77.7 Å². The molecular formula is C98H144BrN17O32S2. The summed E-state index contributed by atoms with van der Waals surface area (Å²) in [6.07, 6.45) is -10.6. The number of benzene rings is 2. The number of alkyl halides is 1. The zero-order valence-corrected chi connectivity index (χ0v) is 88.4. The molecule has 4 bridgehead atoms. The summed E-state index contributed by atoms with van der Waals surface area (Å²) in [6.45, 7) is 14.7. The minimum absolute atomic E-state index is 0. The number of ketones is 4. The van der Waals surface area contributed by atoms with Crippen molar-refractivity contribution in [1.82, 2.24) is 78.3 Å². The van der Waals surface area contributed by atoms with Crippen molar-refractivity contribution in [2.75, 3.05) is 82.5 Å². The third-order valence-electron chi connectivity index (χ3n) is 26.2. The van der Waals surface area contributed by atoms with Crippen molar-refractivity contribution >= 4 is 177 Å². The molecule has 4 aromatic rings. The van der Waals surface area contributed by atoms with Crippen molar-refractivity contribution < 1.29 is 154 Å². The molecule has 22 atom stereocenters. The number of amides is 15. The van der Waals surface area contributed by atoms with Gasteiger partial charge < -0.3 is 140 Å². The largest absolute Gasteiger partial charge is 0.508 e. The Morgan fingerprint density at radius 2 is 0.900 bits per heavy atom. The number of Topliss-reactive ketones (excluding diaryl/α,β-unsaturated/α-hetero) is 4. The number of phenols is 1. The molecule has 24 N–H and O–H groups in total. The monoisotopic (exact) mass is 2210 g/mol. The summed E-state index contributed by atoms with van der Waals surface area (Å²) < 4.78 is 45.8. The number of ether oxygens (including phenoxy) is 3. The number of alkyl carbamates (subject to hydrolysis) is 1. The van der Waals surface area contributed by atoms with Gasteiger partial charge in [-0.15, -0.1) is 0 Å². The van der Waals surface area contributed by atoms with Gasteiger partial charge in [-0.2, -0.15) is 0 Å². The Morgan fingerprint density at radius 1 is 0.513 bits per heavy atom. The quantitative estimate of drug-likeness (QED) is 0.0223. The van der Waals surface area contributed by atoms with Crippen LogP contribution in [0.25, 0.3) is 21.8 Å². The second kappa shape index (κ2) is 56.7. The van der Waals surface area contributed by atoms with Crippen LogP contribution >= 0.6 is 15.9 Å². The molecule has 49 nitrogen and oxygen atoms in total. The molecule has 0 spiro atoms. The number of aromatic nitrogens is 2. The van der Waals surface area contributed by atoms with E-state index in [1.807, 2.05) is 20.8 Å². The maximum atomic E-state index is 15.0. The highest BCUT2D eigenvalue weighted by atomic mass is 79.9. The predicted molar refractivity (Wildman–Crippen MR) is 543 cm³/mol. The van der Waals surface area contributed by atoms with Crippen molar-refractivity contribution in [2.24, 2.45) is 58.8 Å². The minimum atomic E-state index is -2.36. The summed E-state index contributed by atoms with van der Waals surface area (Å²) in [7, 11) is -4.67. The Labute approximate surface area is 879 Å². The Morgan fingerprint density at radius 3 is 1.28 bits per heavy atom. The van der Waals surface area contributed by atoms with Crippen molar-refractivity contribution in [3.05, 3.63) is 47.5 Å². The summed E-state index contributed by atoms with van der Waals surface area (Å²) in [4.78, 5) is 281. The second-order valence-corrected chi connectivity index (χ2v) is 43.8. The summed E-state index contributed by atoms with van der Waals surface area (Å²) in [5, 5.41) is 102. The third kappa shape index (κ3) is 35.7. The lowest BCUT2D eigenvalue weighted by atomic mass is 9.85. The van der Waals surface area contributed by atoms with Crippen molar-refractivity contribution in [3.8, 4) is 11.5 Å². The maximum Gasteiger partial charge on any atom is 0.407 e. The van der Waals surface area contributed by atoms with Gasteiger partial charge in [0.1, 0.15) is 63.5 Å². The van der Waals surface area contributed by atoms with E-state index in [2.05, 4.69) is 84.4 Å². The Kier molecular flexibility index (Phi) is 47.1. The Hall–Kier alpha value is -12.3. The SMILES string of the molecule is C.CC(C)(C)OC(=O)CCCBr.CC[C@H](C)[C@@H]1NC(=O)CNC(=O)C2CC(=O)[C@H]([C@@H](C)[C@@H](O)CO)NC(=O)[C@@H]3CC(O)CN3C(=O)[C@H](CC(N)=O)CC(=O)C(C[S@@](=O)c3[nH]c4cc(O)ccc4c3C2)NC(=O)CNC1=O.CC[C@H](C)[C@@H]1NC(=O)CNC(=O)C2CC(=O)[C@H]([C@@H](C)[C@@H](O)CO)NC(=O)[C@@H]3CC(O)CN3C(=O)[C@H](CC(N)=O)CC(=O)C(C[S@@](=O)c3[nH]c4cc(OCCNC(=O)OC(C)(C)C)ccc4c3C2)NC(=O)CNC1=O. The topological polar surface area (TPSA) is 767 Å². The molecule has 0 saturated carbocycles. The van der Waals surface area contributed by atoms with E-state index in [1.54, 1.807) is 60.6 Å². The summed E-state index contributed by atoms with van der Waals surface area (Å²) in [5.74, 6) is -27.5. The molecule has 10 rings (SSSR count). The van der Waals surface area contributed by atoms with E-state index in [-0.39, 0.29) is 88.7 Å². The van der Waals surface area contributed by atoms with E-state index >= 15 is 0 Å². The van der Waals surface area contributed by atoms with Gasteiger partial charge in [0.05, 0.1) is 150 Å². The van der Waals surface area contributed by atoms with Gasteiger partial charge in [0.15, 0.2) is 23.1 Å². The number of aromatic hydroxyl groups is 1. The molecule has 52 heteroatoms. The molecule has 8 heterocycles. The normalized spacial score (nSPS) is 26.2. The number of primary amides is 2. The first-order chi connectivity index (χ1) is 70.0. The fourth-order valence-corrected chi connectivity index (χ4v) is 21.0. The molecule has 6 unspecified atom stereocenters. The molecule has 0 aliphatic carbocycles. The van der Waals surface area contributed by atoms with E-state index in [0.29, 0.717) is 30.0 Å². The first kappa shape index (κ1) is 125. The number of nitrogens with two attached hydrogens (primary N) is 2. The first-order valence-electron chi connectivity index (χ1n) is 49.2. The van der Waals surface area contributed by atoms with Gasteiger partial charge in [0, 0.05) is 123 Å². The average Bonchev–Trinajstić information content (AvgIpc) is 1.62. The molecular weight excluding hydrogens is 2070 g/mol. The van der Waals surface area contributed by atoms with Gasteiger partial charge in [-0.3, -0.25) is 99.5 Å². The summed E-state index contributed by atoms with van der Waals surface area (Å²) in [6, 6.07) is -3.51. The zero-order chi connectivity index (χ0) is 111. The van der Waals surface area contributed by atoms with E-state index < -0.39 is 375 Å². The summed E-state index contributed by atoms with van der Waals surface area (Å²) >= 11 is 3.25. The molecule has 832 valence electrons. The lowest BCUT2D eigenvalue weighted by molar-refractivity contribution is -0.155. The van der Waals surface area contributed by atoms with Crippen LogP contribution in [0.5, 0.6) is 11.5 Å². The number of halogens is 1. The van der Waals surface area contributed by atoms with E-state index in [4.69, 9.17) is 25.7 Å². The highest BCUT2D eigenvalue weighted by Gasteiger charge is 2.49. The van der Waals surface area contributed by atoms with Gasteiger partial charge in [-0.05, 0) is 108 Å². The number of H-pyrrole nitrogens is 2. The number of hydrogen-bond donors (Lipinski definition) is 22. The molecule has 2 fully saturated rings. The number of phenolic OH excluding ortho intramolecular Hbond substituents is 1. The van der Waals surface area contributed by atoms with Crippen LogP contribution in [0.2, 0.25) is 0 Å². The molecule has 6 aliphatic rings. The lowest BCUT2D eigenvalue weighted by Gasteiger charge is -2.32. The van der Waals surface area contributed by atoms with E-state index in [0.717, 1.165) is 21.6 Å². The van der Waals surface area contributed by atoms with Crippen LogP contribution in [-0.4, -0.2) is 348 Å². The van der Waals surface area contributed by atoms with Gasteiger partial charge >= 0.3 is 12.1 Å². The molecule has 6 aliphatic heterocycles. The summed E-state index contributed by atoms with van der Waals surface area (Å²) in [5.41, 5.74) is 10.8. The fraction of sp³-hybridized carbons (Fsp3) is 0.633. The van der Waals surface area contributed by atoms with Crippen LogP contribution in [0.1, 0.15) is 179 Å². The standard InChI is InChI=1S/C48H69N9O16S.C41H56N8O14S.C8H15BrO2.CH4/c1-7-23(2)40-44(68)52-18-38(64)53-32-22-74(71)45-30(29-9-8-28(17-31(29)54-45)72-11-10-50-47(70)73-48(4,5)6)12-25(42(66)51-19-39(65)55-40)13-35(61)41(24(3)36(62)21-58)56-43(67)33-16-27(59)20-57(33)46(69)26(14-34(32)60)15-37(49)63;1-4-18(2)35-39(61)44-13-33(57)45-27-17-64(63)40-25(24-6-5-22(51)11-26(24)46-40)7-20(37(59)43-14-34(58)47-35)8-30(54)36(19(3)31(55)16-50)48-38(60)28-12-23(52)15-49(28)41(62)21(9-29(27)53)10-32(42)56;1-8(2,3)11-7(10)5-4-6-9;/h8-9,17,23-27,32-33,36,40-41,54,58-59,62H,7,10-16,18-22H2,1-6H3,(H2,49,63)(H,50,70)(H,51,66)(H,52,68)(H,53,64)(H,55,65)(H,56,67);5-6,11,18-21,23,27-28,31,35-36,46,50-52,55H,4,7-10,12-17H2,1-3H3,(H2,42,56)(H,43,59)(H,44,61)(H,45,57)(H,47,58)(H,48,60);4-6H2,1-3H3;1H4/t23-,24-,25?,26-,27?,32?,33-,36-,40-,41-,74+;18-,19-,20?,21-,23?,27?,28-,31-,35-,36-,64+;;/m00../s1. The van der Waals surface area contributed by atoms with Crippen molar-refractivity contribution in [1.29, 1.82) is 0 Å². The second-order valence-electron chi connectivity index (χ2n) is 40.2. The minimum Gasteiger partial charge on any atom is -0.508 e. The zero-order valence-electron chi connectivity index (χ0n) is 85.2. The molecule has 2 saturated heterocycles. The number of fused-ring (bicyclic) bond motifs is 10. The number of carbonyl (C=O) groups is 20. The van der Waals surface area contributed by atoms with Crippen molar-refractivity contribution in [3.63, 3.8) is 0 Å². The number of rotatable bonds is 21. The average molecular weight is 2220 g/mol. The lowest BCUT2D eigenvalue weighted by Crippen LogP contribution is -2.56. The fourth-order valence-electron chi connectivity index (χ4n) is 17.8. The van der Waals surface area contributed by atoms with E-state index in [1.165, 1.54) is 38.1 Å². The predicted octanol–water partition coefficient (Wildman–Crippen LogP) is -3.14. The van der Waals surface area contributed by atoms with Crippen LogP contribution in [0.4, 0.5) is 4.79 Å². The number of aromatic amines is 2. The molecule has 0 radical (unpaired) electrons. The highest BCUT2D eigenvalue weighted by molar-refractivity contribution is 9.09. The van der Waals surface area contributed by atoms with Crippen LogP contribution < -0.4 is 74.7 Å². The van der Waals surface area contributed by atoms with Gasteiger partial charge in [0.2, 0.25) is 82.7 Å². The number of aliphatic hydroxyl groups excluding tert-OH is 6. The Bertz CT molecular complexity index is 5650. The smallest absolute Gasteiger partial charge is 0.407 e. The number of aliphatic hydroxyl groups is 6. The Balaban J connectivity index is 0.000000368. The van der Waals surface area contributed by atoms with Crippen LogP contribution in [-0.2, 0) is 135 Å². The molecule has 150 heavy (non-hydrogen) atoms. The van der Waals surface area contributed by atoms with Gasteiger partial charge in [-0.25, -0.2) is 4.79 Å². The maximum absolute atomic E-state index is 15.0. The molecule has 2 aromatic heterocycles. The number of nitrogens with one attached hydrogen (secondary N) is 13. The number of nitrogens with zero attached hydrogens (tertiary/aromatic N) is 2. The van der Waals surface area contributed by atoms with Crippen molar-refractivity contribution in [2.45, 2.75) is 274 Å². The molecule has 2 aromatic carbocycles. The van der Waals surface area contributed by atoms with E-state index in [9.17, 15) is 140 Å². The first-order valence-corrected chi connectivity index (χ1v) is 53.0. The van der Waals surface area contributed by atoms with Crippen LogP contribution in [0.3, 0.4) is 0 Å². The third-order valence-corrected chi connectivity index (χ3v) is 29.6. The highest BCUT2D eigenvalue weighted by Crippen LogP contribution is 2.37. The number of esters is 1.